The number of anilines is 1. The Bertz CT molecular complexity index is 594. The fraction of sp³-hybridized carbons (Fsp3) is 0.0769. The van der Waals surface area contributed by atoms with Gasteiger partial charge in [0.2, 0.25) is 0 Å². The van der Waals surface area contributed by atoms with Crippen LogP contribution in [0.5, 0.6) is 0 Å². The first-order chi connectivity index (χ1) is 8.99. The minimum absolute atomic E-state index is 0.0270. The molecule has 0 aromatic heterocycles. The molecule has 6 heteroatoms. The van der Waals surface area contributed by atoms with Crippen LogP contribution in [0.25, 0.3) is 0 Å². The number of nitrogens with one attached hydrogen (secondary N) is 1. The van der Waals surface area contributed by atoms with Gasteiger partial charge in [-0.1, -0.05) is 46.9 Å². The zero-order chi connectivity index (χ0) is 14.0. The van der Waals surface area contributed by atoms with Gasteiger partial charge in [0.25, 0.3) is 0 Å². The highest BCUT2D eigenvalue weighted by atomic mass is 35.5. The van der Waals surface area contributed by atoms with Crippen molar-refractivity contribution in [1.82, 2.24) is 0 Å². The van der Waals surface area contributed by atoms with E-state index < -0.39 is 11.6 Å². The first kappa shape index (κ1) is 14.4. The SMILES string of the molecule is Fc1cc(F)c(NCc2cccc(Cl)c2Cl)c(Cl)c1. The third kappa shape index (κ3) is 3.30. The van der Waals surface area contributed by atoms with Crippen molar-refractivity contribution in [1.29, 1.82) is 0 Å². The van der Waals surface area contributed by atoms with Gasteiger partial charge in [-0.15, -0.1) is 0 Å². The van der Waals surface area contributed by atoms with Crippen molar-refractivity contribution in [2.45, 2.75) is 6.54 Å². The van der Waals surface area contributed by atoms with Gasteiger partial charge >= 0.3 is 0 Å². The highest BCUT2D eigenvalue weighted by Gasteiger charge is 2.11. The Balaban J connectivity index is 2.22. The van der Waals surface area contributed by atoms with E-state index in [0.29, 0.717) is 15.6 Å². The van der Waals surface area contributed by atoms with Crippen LogP contribution in [0, 0.1) is 11.6 Å². The molecule has 0 aliphatic rings. The van der Waals surface area contributed by atoms with Crippen molar-refractivity contribution in [3.8, 4) is 0 Å². The molecule has 0 fully saturated rings. The lowest BCUT2D eigenvalue weighted by molar-refractivity contribution is 0.585. The molecule has 0 aliphatic heterocycles. The van der Waals surface area contributed by atoms with Crippen molar-refractivity contribution < 1.29 is 8.78 Å². The Labute approximate surface area is 124 Å². The summed E-state index contributed by atoms with van der Waals surface area (Å²) in [6, 6.07) is 6.92. The van der Waals surface area contributed by atoms with Gasteiger partial charge in [-0.2, -0.15) is 0 Å². The molecule has 0 radical (unpaired) electrons. The number of halogens is 5. The molecule has 2 aromatic carbocycles. The number of hydrogen-bond donors (Lipinski definition) is 1. The van der Waals surface area contributed by atoms with Gasteiger partial charge < -0.3 is 5.32 Å². The fourth-order valence-corrected chi connectivity index (χ4v) is 2.23. The van der Waals surface area contributed by atoms with Crippen molar-refractivity contribution in [3.63, 3.8) is 0 Å². The molecule has 1 N–H and O–H groups in total. The summed E-state index contributed by atoms with van der Waals surface area (Å²) in [7, 11) is 0. The molecule has 0 atom stereocenters. The van der Waals surface area contributed by atoms with Crippen LogP contribution >= 0.6 is 34.8 Å². The van der Waals surface area contributed by atoms with E-state index in [2.05, 4.69) is 5.32 Å². The van der Waals surface area contributed by atoms with Crippen LogP contribution in [0.1, 0.15) is 5.56 Å². The highest BCUT2D eigenvalue weighted by Crippen LogP contribution is 2.29. The predicted molar refractivity (Wildman–Crippen MR) is 75.2 cm³/mol. The Morgan fingerprint density at radius 2 is 1.74 bits per heavy atom. The van der Waals surface area contributed by atoms with Gasteiger partial charge in [0.1, 0.15) is 5.82 Å². The van der Waals surface area contributed by atoms with Crippen molar-refractivity contribution in [3.05, 3.63) is 62.6 Å². The zero-order valence-electron chi connectivity index (χ0n) is 9.48. The summed E-state index contributed by atoms with van der Waals surface area (Å²) in [5.41, 5.74) is 0.716. The molecule has 0 spiro atoms. The molecule has 0 saturated heterocycles. The van der Waals surface area contributed by atoms with Crippen LogP contribution in [-0.4, -0.2) is 0 Å². The van der Waals surface area contributed by atoms with E-state index >= 15 is 0 Å². The Morgan fingerprint density at radius 3 is 2.42 bits per heavy atom. The molecule has 0 amide bonds. The number of rotatable bonds is 3. The molecule has 2 aromatic rings. The Morgan fingerprint density at radius 1 is 1.00 bits per heavy atom. The van der Waals surface area contributed by atoms with Gasteiger partial charge in [-0.05, 0) is 17.7 Å². The molecule has 1 nitrogen and oxygen atoms in total. The van der Waals surface area contributed by atoms with Gasteiger partial charge in [-0.3, -0.25) is 0 Å². The minimum Gasteiger partial charge on any atom is -0.377 e. The Kier molecular flexibility index (Phi) is 4.50. The summed E-state index contributed by atoms with van der Waals surface area (Å²) < 4.78 is 26.4. The molecule has 0 heterocycles. The van der Waals surface area contributed by atoms with E-state index in [-0.39, 0.29) is 17.3 Å². The summed E-state index contributed by atoms with van der Waals surface area (Å²) in [5.74, 6) is -1.49. The second kappa shape index (κ2) is 5.95. The normalized spacial score (nSPS) is 10.6. The lowest BCUT2D eigenvalue weighted by Gasteiger charge is -2.11. The molecule has 0 saturated carbocycles. The van der Waals surface area contributed by atoms with Gasteiger partial charge in [-0.25, -0.2) is 8.78 Å². The molecule has 0 aliphatic carbocycles. The Hall–Kier alpha value is -1.03. The summed E-state index contributed by atoms with van der Waals surface area (Å²) in [6.07, 6.45) is 0. The topological polar surface area (TPSA) is 12.0 Å². The average Bonchev–Trinajstić information content (AvgIpc) is 2.33. The van der Waals surface area contributed by atoms with Crippen LogP contribution in [0.4, 0.5) is 14.5 Å². The third-order valence-electron chi connectivity index (χ3n) is 2.49. The van der Waals surface area contributed by atoms with E-state index in [1.165, 1.54) is 0 Å². The van der Waals surface area contributed by atoms with Crippen molar-refractivity contribution >= 4 is 40.5 Å². The van der Waals surface area contributed by atoms with Crippen LogP contribution in [0.2, 0.25) is 15.1 Å². The van der Waals surface area contributed by atoms with Crippen molar-refractivity contribution in [2.24, 2.45) is 0 Å². The predicted octanol–water partition coefficient (Wildman–Crippen LogP) is 5.54. The number of benzene rings is 2. The second-order valence-electron chi connectivity index (χ2n) is 3.81. The van der Waals surface area contributed by atoms with Crippen LogP contribution < -0.4 is 5.32 Å². The molecule has 0 unspecified atom stereocenters. The summed E-state index contributed by atoms with van der Waals surface area (Å²) in [5, 5.41) is 3.54. The average molecular weight is 323 g/mol. The largest absolute Gasteiger partial charge is 0.377 e. The molecular formula is C13H8Cl3F2N. The molecule has 2 rings (SSSR count). The second-order valence-corrected chi connectivity index (χ2v) is 5.00. The maximum absolute atomic E-state index is 13.5. The zero-order valence-corrected chi connectivity index (χ0v) is 11.8. The van der Waals surface area contributed by atoms with Crippen LogP contribution in [0.3, 0.4) is 0 Å². The maximum Gasteiger partial charge on any atom is 0.150 e. The van der Waals surface area contributed by atoms with E-state index in [1.54, 1.807) is 18.2 Å². The van der Waals surface area contributed by atoms with E-state index in [0.717, 1.165) is 12.1 Å². The molecular weight excluding hydrogens is 315 g/mol. The van der Waals surface area contributed by atoms with Crippen molar-refractivity contribution in [2.75, 3.05) is 5.32 Å². The lowest BCUT2D eigenvalue weighted by Crippen LogP contribution is -2.03. The molecule has 100 valence electrons. The quantitative estimate of drug-likeness (QED) is 0.782. The summed E-state index contributed by atoms with van der Waals surface area (Å²) in [6.45, 7) is 0.224. The molecule has 0 bridgehead atoms. The molecule has 19 heavy (non-hydrogen) atoms. The smallest absolute Gasteiger partial charge is 0.150 e. The van der Waals surface area contributed by atoms with Gasteiger partial charge in [0.05, 0.1) is 20.8 Å². The van der Waals surface area contributed by atoms with E-state index in [9.17, 15) is 8.78 Å². The first-order valence-corrected chi connectivity index (χ1v) is 6.43. The lowest BCUT2D eigenvalue weighted by atomic mass is 10.2. The number of hydrogen-bond acceptors (Lipinski definition) is 1. The summed E-state index contributed by atoms with van der Waals surface area (Å²) >= 11 is 17.6. The van der Waals surface area contributed by atoms with E-state index in [1.807, 2.05) is 0 Å². The van der Waals surface area contributed by atoms with Crippen LogP contribution in [0.15, 0.2) is 30.3 Å². The summed E-state index contributed by atoms with van der Waals surface area (Å²) in [4.78, 5) is 0. The standard InChI is InChI=1S/C13H8Cl3F2N/c14-9-3-1-2-7(12(9)16)6-19-13-10(15)4-8(17)5-11(13)18/h1-5,19H,6H2. The minimum atomic E-state index is -0.761. The van der Waals surface area contributed by atoms with Crippen LogP contribution in [-0.2, 0) is 6.54 Å². The first-order valence-electron chi connectivity index (χ1n) is 5.30. The third-order valence-corrected chi connectivity index (χ3v) is 3.65. The van der Waals surface area contributed by atoms with Gasteiger partial charge in [0.15, 0.2) is 5.82 Å². The van der Waals surface area contributed by atoms with Gasteiger partial charge in [0, 0.05) is 12.6 Å². The monoisotopic (exact) mass is 321 g/mol. The highest BCUT2D eigenvalue weighted by molar-refractivity contribution is 6.42. The maximum atomic E-state index is 13.5. The fourth-order valence-electron chi connectivity index (χ4n) is 1.58. The van der Waals surface area contributed by atoms with E-state index in [4.69, 9.17) is 34.8 Å².